The average Bonchev–Trinajstić information content (AvgIpc) is 3.26. The van der Waals surface area contributed by atoms with Crippen molar-refractivity contribution >= 4 is 23.1 Å². The maximum Gasteiger partial charge on any atom is 0.394 e. The van der Waals surface area contributed by atoms with Gasteiger partial charge in [0.2, 0.25) is 5.95 Å². The number of nitrogens with one attached hydrogen (secondary N) is 2. The van der Waals surface area contributed by atoms with Crippen LogP contribution in [0.25, 0.3) is 5.52 Å². The van der Waals surface area contributed by atoms with Gasteiger partial charge in [-0.2, -0.15) is 23.3 Å². The Morgan fingerprint density at radius 2 is 2.04 bits per heavy atom. The van der Waals surface area contributed by atoms with Gasteiger partial charge in [-0.25, -0.2) is 4.52 Å². The highest BCUT2D eigenvalue weighted by Crippen LogP contribution is 2.25. The lowest BCUT2D eigenvalue weighted by Crippen LogP contribution is -2.22. The fraction of sp³-hybridized carbons (Fsp3) is 0.400. The van der Waals surface area contributed by atoms with Crippen molar-refractivity contribution in [2.45, 2.75) is 25.4 Å². The van der Waals surface area contributed by atoms with Crippen LogP contribution in [0, 0.1) is 0 Å². The van der Waals surface area contributed by atoms with E-state index in [1.165, 1.54) is 6.07 Å². The van der Waals surface area contributed by atoms with Gasteiger partial charge in [-0.3, -0.25) is 5.10 Å². The van der Waals surface area contributed by atoms with E-state index in [0.717, 1.165) is 31.4 Å². The third kappa shape index (κ3) is 3.37. The van der Waals surface area contributed by atoms with E-state index in [2.05, 4.69) is 30.5 Å². The van der Waals surface area contributed by atoms with E-state index in [4.69, 9.17) is 0 Å². The van der Waals surface area contributed by atoms with Gasteiger partial charge in [0.1, 0.15) is 5.52 Å². The van der Waals surface area contributed by atoms with Crippen molar-refractivity contribution in [3.05, 3.63) is 30.1 Å². The first-order chi connectivity index (χ1) is 12.0. The first kappa shape index (κ1) is 15.7. The van der Waals surface area contributed by atoms with Crippen LogP contribution in [-0.4, -0.2) is 44.1 Å². The number of halogens is 3. The van der Waals surface area contributed by atoms with E-state index in [-0.39, 0.29) is 11.5 Å². The van der Waals surface area contributed by atoms with E-state index in [1.807, 2.05) is 12.1 Å². The fourth-order valence-electron chi connectivity index (χ4n) is 2.92. The Bertz CT molecular complexity index is 877. The molecule has 1 fully saturated rings. The zero-order valence-electron chi connectivity index (χ0n) is 13.2. The molecule has 0 aromatic carbocycles. The second-order valence-corrected chi connectivity index (χ2v) is 5.99. The van der Waals surface area contributed by atoms with Crippen LogP contribution in [0.15, 0.2) is 24.4 Å². The molecule has 10 heteroatoms. The van der Waals surface area contributed by atoms with E-state index in [1.54, 1.807) is 10.7 Å². The number of anilines is 3. The molecule has 7 nitrogen and oxygen atoms in total. The van der Waals surface area contributed by atoms with E-state index >= 15 is 0 Å². The highest BCUT2D eigenvalue weighted by atomic mass is 19.4. The molecule has 0 atom stereocenters. The van der Waals surface area contributed by atoms with Crippen molar-refractivity contribution in [1.29, 1.82) is 0 Å². The number of alkyl halides is 3. The number of fused-ring (bicyclic) bond motifs is 1. The molecular weight excluding hydrogens is 335 g/mol. The summed E-state index contributed by atoms with van der Waals surface area (Å²) in [5.41, 5.74) is 0.721. The van der Waals surface area contributed by atoms with Crippen molar-refractivity contribution in [3.63, 3.8) is 0 Å². The van der Waals surface area contributed by atoms with Gasteiger partial charge in [-0.1, -0.05) is 0 Å². The Morgan fingerprint density at radius 1 is 1.24 bits per heavy atom. The predicted molar refractivity (Wildman–Crippen MR) is 86.1 cm³/mol. The van der Waals surface area contributed by atoms with Crippen LogP contribution < -0.4 is 10.2 Å². The Hall–Kier alpha value is -2.78. The van der Waals surface area contributed by atoms with Gasteiger partial charge >= 0.3 is 6.18 Å². The van der Waals surface area contributed by atoms with Crippen LogP contribution in [0.5, 0.6) is 0 Å². The molecule has 0 aliphatic carbocycles. The summed E-state index contributed by atoms with van der Waals surface area (Å²) in [5, 5.41) is 13.8. The summed E-state index contributed by atoms with van der Waals surface area (Å²) in [7, 11) is 0. The van der Waals surface area contributed by atoms with Crippen LogP contribution >= 0.6 is 0 Å². The minimum Gasteiger partial charge on any atom is -0.340 e. The number of H-pyrrole nitrogens is 1. The zero-order valence-corrected chi connectivity index (χ0v) is 13.2. The molecule has 2 N–H and O–H groups in total. The zero-order chi connectivity index (χ0) is 17.4. The number of nitrogens with zero attached hydrogens (tertiary/aromatic N) is 5. The van der Waals surface area contributed by atoms with E-state index in [0.29, 0.717) is 11.8 Å². The van der Waals surface area contributed by atoms with Crippen LogP contribution in [0.1, 0.15) is 18.5 Å². The van der Waals surface area contributed by atoms with Gasteiger partial charge in [-0.15, -0.1) is 5.10 Å². The maximum atomic E-state index is 12.5. The minimum absolute atomic E-state index is 0.00442. The summed E-state index contributed by atoms with van der Waals surface area (Å²) in [4.78, 5) is 6.63. The molecule has 1 saturated heterocycles. The van der Waals surface area contributed by atoms with Crippen molar-refractivity contribution in [1.82, 2.24) is 24.8 Å². The van der Waals surface area contributed by atoms with Gasteiger partial charge in [0, 0.05) is 31.0 Å². The first-order valence-electron chi connectivity index (χ1n) is 7.96. The quantitative estimate of drug-likeness (QED) is 0.756. The van der Waals surface area contributed by atoms with Crippen molar-refractivity contribution < 1.29 is 13.2 Å². The molecule has 0 amide bonds. The molecule has 0 unspecified atom stereocenters. The molecule has 1 aliphatic rings. The first-order valence-corrected chi connectivity index (χ1v) is 7.96. The lowest BCUT2D eigenvalue weighted by Gasteiger charge is -2.16. The Kier molecular flexibility index (Phi) is 3.74. The molecule has 3 aromatic rings. The minimum atomic E-state index is -4.28. The Balaban J connectivity index is 1.63. The van der Waals surface area contributed by atoms with Gasteiger partial charge in [0.05, 0.1) is 6.42 Å². The maximum absolute atomic E-state index is 12.5. The molecule has 0 spiro atoms. The van der Waals surface area contributed by atoms with Crippen molar-refractivity contribution in [2.24, 2.45) is 0 Å². The fourth-order valence-corrected chi connectivity index (χ4v) is 2.92. The van der Waals surface area contributed by atoms with Gasteiger partial charge in [-0.05, 0) is 25.0 Å². The number of hydrogen-bond acceptors (Lipinski definition) is 5. The summed E-state index contributed by atoms with van der Waals surface area (Å²) in [6.07, 6.45) is -1.34. The second-order valence-electron chi connectivity index (χ2n) is 5.99. The molecule has 1 aliphatic heterocycles. The van der Waals surface area contributed by atoms with Crippen LogP contribution in [0.3, 0.4) is 0 Å². The van der Waals surface area contributed by atoms with Crippen LogP contribution in [0.2, 0.25) is 0 Å². The molecule has 0 bridgehead atoms. The highest BCUT2D eigenvalue weighted by Gasteiger charge is 2.28. The summed E-state index contributed by atoms with van der Waals surface area (Å²) in [6.45, 7) is 1.79. The average molecular weight is 351 g/mol. The molecule has 132 valence electrons. The van der Waals surface area contributed by atoms with E-state index in [9.17, 15) is 13.2 Å². The van der Waals surface area contributed by atoms with Crippen LogP contribution in [0.4, 0.5) is 30.8 Å². The Morgan fingerprint density at radius 3 is 2.80 bits per heavy atom. The molecule has 25 heavy (non-hydrogen) atoms. The van der Waals surface area contributed by atoms with Crippen molar-refractivity contribution in [2.75, 3.05) is 23.3 Å². The molecule has 0 radical (unpaired) electrons. The monoisotopic (exact) mass is 351 g/mol. The number of aromatic nitrogens is 5. The van der Waals surface area contributed by atoms with Gasteiger partial charge < -0.3 is 10.2 Å². The summed E-state index contributed by atoms with van der Waals surface area (Å²) in [5.74, 6) is 1.38. The summed E-state index contributed by atoms with van der Waals surface area (Å²) in [6, 6.07) is 5.01. The van der Waals surface area contributed by atoms with Crippen molar-refractivity contribution in [3.8, 4) is 0 Å². The third-order valence-electron chi connectivity index (χ3n) is 4.04. The lowest BCUT2D eigenvalue weighted by atomic mass is 10.3. The molecule has 0 saturated carbocycles. The summed E-state index contributed by atoms with van der Waals surface area (Å²) >= 11 is 0. The standard InChI is InChI=1S/C15H16F3N7/c16-15(17,18)9-10-8-12(22-21-10)19-13-11-4-3-7-25(11)23-14(20-13)24-5-1-2-6-24/h3-4,7-8H,1-2,5-6,9H2,(H2,19,20,21,22,23). The topological polar surface area (TPSA) is 74.1 Å². The predicted octanol–water partition coefficient (Wildman–Crippen LogP) is 2.90. The largest absolute Gasteiger partial charge is 0.394 e. The third-order valence-corrected chi connectivity index (χ3v) is 4.04. The SMILES string of the molecule is FC(F)(F)Cc1cc(Nc2nc(N3CCCC3)nn3cccc23)n[nH]1. The van der Waals surface area contributed by atoms with Gasteiger partial charge in [0.15, 0.2) is 11.6 Å². The number of rotatable bonds is 4. The molecule has 3 aromatic heterocycles. The van der Waals surface area contributed by atoms with Gasteiger partial charge in [0.25, 0.3) is 0 Å². The Labute approximate surface area is 140 Å². The highest BCUT2D eigenvalue weighted by molar-refractivity contribution is 5.73. The van der Waals surface area contributed by atoms with Crippen LogP contribution in [-0.2, 0) is 6.42 Å². The molecule has 4 rings (SSSR count). The lowest BCUT2D eigenvalue weighted by molar-refractivity contribution is -0.127. The summed E-state index contributed by atoms with van der Waals surface area (Å²) < 4.78 is 39.1. The number of hydrogen-bond donors (Lipinski definition) is 2. The normalized spacial score (nSPS) is 15.2. The number of aromatic amines is 1. The second kappa shape index (κ2) is 5.94. The molecular formula is C15H16F3N7. The smallest absolute Gasteiger partial charge is 0.340 e. The molecule has 4 heterocycles. The van der Waals surface area contributed by atoms with E-state index < -0.39 is 12.6 Å².